The van der Waals surface area contributed by atoms with E-state index in [1.54, 1.807) is 0 Å². The summed E-state index contributed by atoms with van der Waals surface area (Å²) in [7, 11) is -2.78. The van der Waals surface area contributed by atoms with Gasteiger partial charge in [0.1, 0.15) is 7.14 Å². The maximum absolute atomic E-state index is 14.1. The standard InChI is InChI=1S/C26H18ClOP/c1-29(28)24-13-7-6-12-22(24)26(23-15-14-17(27)16-25(23)29)20-10-4-2-8-18(20)19-9-3-5-11-21(19)26/h2-16H,1H3. The molecule has 1 aliphatic carbocycles. The van der Waals surface area contributed by atoms with Crippen LogP contribution in [0.4, 0.5) is 0 Å². The molecule has 1 heterocycles. The largest absolute Gasteiger partial charge is 0.314 e. The molecule has 2 aliphatic rings. The van der Waals surface area contributed by atoms with E-state index in [2.05, 4.69) is 66.7 Å². The molecule has 6 rings (SSSR count). The van der Waals surface area contributed by atoms with Crippen LogP contribution in [0.1, 0.15) is 22.3 Å². The highest BCUT2D eigenvalue weighted by molar-refractivity contribution is 7.78. The van der Waals surface area contributed by atoms with Gasteiger partial charge in [-0.2, -0.15) is 0 Å². The van der Waals surface area contributed by atoms with E-state index in [0.717, 1.165) is 21.7 Å². The smallest absolute Gasteiger partial charge is 0.141 e. The van der Waals surface area contributed by atoms with Gasteiger partial charge in [-0.25, -0.2) is 0 Å². The fourth-order valence-electron chi connectivity index (χ4n) is 5.43. The van der Waals surface area contributed by atoms with Crippen molar-refractivity contribution in [3.8, 4) is 11.1 Å². The van der Waals surface area contributed by atoms with Crippen LogP contribution in [0.2, 0.25) is 5.02 Å². The van der Waals surface area contributed by atoms with Crippen LogP contribution in [0.3, 0.4) is 0 Å². The molecule has 140 valence electrons. The van der Waals surface area contributed by atoms with Crippen LogP contribution >= 0.6 is 18.7 Å². The van der Waals surface area contributed by atoms with Crippen LogP contribution in [0, 0.1) is 0 Å². The van der Waals surface area contributed by atoms with E-state index in [1.807, 2.05) is 30.9 Å². The lowest BCUT2D eigenvalue weighted by atomic mass is 9.67. The molecule has 0 saturated carbocycles. The molecule has 1 aliphatic heterocycles. The minimum absolute atomic E-state index is 0.479. The summed E-state index contributed by atoms with van der Waals surface area (Å²) in [6, 6.07) is 31.4. The van der Waals surface area contributed by atoms with Gasteiger partial charge in [0.15, 0.2) is 0 Å². The van der Waals surface area contributed by atoms with Crippen molar-refractivity contribution in [1.29, 1.82) is 0 Å². The Labute approximate surface area is 175 Å². The normalized spacial score (nSPS) is 19.9. The number of hydrogen-bond donors (Lipinski definition) is 0. The summed E-state index contributed by atoms with van der Waals surface area (Å²) in [5, 5.41) is 2.43. The quantitative estimate of drug-likeness (QED) is 0.287. The van der Waals surface area contributed by atoms with Gasteiger partial charge in [0.25, 0.3) is 0 Å². The van der Waals surface area contributed by atoms with E-state index >= 15 is 0 Å². The first-order chi connectivity index (χ1) is 14.1. The lowest BCUT2D eigenvalue weighted by Crippen LogP contribution is -2.43. The van der Waals surface area contributed by atoms with Crippen LogP contribution in [0.15, 0.2) is 91.0 Å². The average molecular weight is 413 g/mol. The van der Waals surface area contributed by atoms with Gasteiger partial charge in [0.05, 0.1) is 5.41 Å². The van der Waals surface area contributed by atoms with Gasteiger partial charge in [-0.1, -0.05) is 90.5 Å². The molecule has 1 spiro atoms. The molecular weight excluding hydrogens is 395 g/mol. The van der Waals surface area contributed by atoms with Crippen molar-refractivity contribution in [2.45, 2.75) is 5.41 Å². The summed E-state index contributed by atoms with van der Waals surface area (Å²) >= 11 is 6.41. The summed E-state index contributed by atoms with van der Waals surface area (Å²) in [6.07, 6.45) is 0. The summed E-state index contributed by atoms with van der Waals surface area (Å²) in [4.78, 5) is 0. The SMILES string of the molecule is CP1(=O)c2ccccc2C2(c3ccccc3-c3ccccc32)c2ccc(Cl)cc21. The Hall–Kier alpha value is -2.60. The maximum Gasteiger partial charge on any atom is 0.141 e. The van der Waals surface area contributed by atoms with Crippen molar-refractivity contribution in [3.63, 3.8) is 0 Å². The molecule has 3 heteroatoms. The molecule has 1 nitrogen and oxygen atoms in total. The first kappa shape index (κ1) is 17.3. The third-order valence-corrected chi connectivity index (χ3v) is 9.38. The molecule has 0 radical (unpaired) electrons. The molecule has 4 aromatic rings. The fourth-order valence-corrected chi connectivity index (χ4v) is 8.10. The van der Waals surface area contributed by atoms with Gasteiger partial charge in [0.2, 0.25) is 0 Å². The van der Waals surface area contributed by atoms with Gasteiger partial charge in [-0.3, -0.25) is 0 Å². The second-order valence-corrected chi connectivity index (χ2v) is 11.2. The fraction of sp³-hybridized carbons (Fsp3) is 0.0769. The highest BCUT2D eigenvalue weighted by Gasteiger charge is 2.53. The van der Waals surface area contributed by atoms with Crippen molar-refractivity contribution in [1.82, 2.24) is 0 Å². The highest BCUT2D eigenvalue weighted by atomic mass is 35.5. The van der Waals surface area contributed by atoms with E-state index in [1.165, 1.54) is 22.3 Å². The molecule has 0 bridgehead atoms. The Balaban J connectivity index is 1.90. The summed E-state index contributed by atoms with van der Waals surface area (Å²) < 4.78 is 14.1. The van der Waals surface area contributed by atoms with Gasteiger partial charge >= 0.3 is 0 Å². The first-order valence-electron chi connectivity index (χ1n) is 9.74. The predicted molar refractivity (Wildman–Crippen MR) is 122 cm³/mol. The molecule has 1 unspecified atom stereocenters. The van der Waals surface area contributed by atoms with E-state index in [0.29, 0.717) is 5.02 Å². The van der Waals surface area contributed by atoms with Gasteiger partial charge in [-0.05, 0) is 52.2 Å². The topological polar surface area (TPSA) is 17.1 Å². The zero-order chi connectivity index (χ0) is 19.8. The van der Waals surface area contributed by atoms with E-state index in [4.69, 9.17) is 11.6 Å². The van der Waals surface area contributed by atoms with Gasteiger partial charge < -0.3 is 4.57 Å². The molecule has 0 aromatic heterocycles. The van der Waals surface area contributed by atoms with Crippen LogP contribution in [-0.2, 0) is 9.98 Å². The summed E-state index contributed by atoms with van der Waals surface area (Å²) in [5.41, 5.74) is 6.71. The first-order valence-corrected chi connectivity index (χ1v) is 12.3. The summed E-state index contributed by atoms with van der Waals surface area (Å²) in [6.45, 7) is 1.88. The van der Waals surface area contributed by atoms with Crippen molar-refractivity contribution < 1.29 is 4.57 Å². The number of halogens is 1. The number of fused-ring (bicyclic) bond motifs is 9. The number of rotatable bonds is 0. The predicted octanol–water partition coefficient (Wildman–Crippen LogP) is 5.96. The third kappa shape index (κ3) is 2.00. The number of benzene rings is 4. The van der Waals surface area contributed by atoms with Gasteiger partial charge in [-0.15, -0.1) is 0 Å². The second kappa shape index (κ2) is 5.72. The maximum atomic E-state index is 14.1. The van der Waals surface area contributed by atoms with Crippen LogP contribution in [0.25, 0.3) is 11.1 Å². The van der Waals surface area contributed by atoms with Crippen molar-refractivity contribution in [2.75, 3.05) is 6.66 Å². The zero-order valence-corrected chi connectivity index (χ0v) is 17.5. The Morgan fingerprint density at radius 2 is 1.17 bits per heavy atom. The monoisotopic (exact) mass is 412 g/mol. The molecular formula is C26H18ClOP. The zero-order valence-electron chi connectivity index (χ0n) is 15.9. The molecule has 4 aromatic carbocycles. The average Bonchev–Trinajstić information content (AvgIpc) is 3.04. The van der Waals surface area contributed by atoms with Crippen molar-refractivity contribution in [3.05, 3.63) is 118 Å². The molecule has 0 saturated heterocycles. The Morgan fingerprint density at radius 3 is 1.83 bits per heavy atom. The summed E-state index contributed by atoms with van der Waals surface area (Å²) in [5.74, 6) is 0. The molecule has 0 N–H and O–H groups in total. The molecule has 29 heavy (non-hydrogen) atoms. The highest BCUT2D eigenvalue weighted by Crippen LogP contribution is 2.61. The van der Waals surface area contributed by atoms with Gasteiger partial charge in [0, 0.05) is 15.6 Å². The lowest BCUT2D eigenvalue weighted by Gasteiger charge is -2.42. The van der Waals surface area contributed by atoms with E-state index in [9.17, 15) is 4.57 Å². The van der Waals surface area contributed by atoms with E-state index < -0.39 is 12.6 Å². The van der Waals surface area contributed by atoms with Crippen molar-refractivity contribution in [2.24, 2.45) is 0 Å². The molecule has 0 amide bonds. The molecule has 1 atom stereocenters. The number of hydrogen-bond acceptors (Lipinski definition) is 1. The van der Waals surface area contributed by atoms with Crippen LogP contribution in [-0.4, -0.2) is 6.66 Å². The van der Waals surface area contributed by atoms with Crippen LogP contribution in [0.5, 0.6) is 0 Å². The Kier molecular flexibility index (Phi) is 3.41. The minimum Gasteiger partial charge on any atom is -0.314 e. The molecule has 0 fully saturated rings. The second-order valence-electron chi connectivity index (χ2n) is 7.94. The third-order valence-electron chi connectivity index (χ3n) is 6.54. The Bertz CT molecular complexity index is 1330. The van der Waals surface area contributed by atoms with E-state index in [-0.39, 0.29) is 0 Å². The minimum atomic E-state index is -2.78. The Morgan fingerprint density at radius 1 is 0.655 bits per heavy atom. The van der Waals surface area contributed by atoms with Crippen LogP contribution < -0.4 is 10.6 Å². The lowest BCUT2D eigenvalue weighted by molar-refractivity contribution is 0.588. The van der Waals surface area contributed by atoms with Crippen molar-refractivity contribution >= 4 is 29.4 Å².